The van der Waals surface area contributed by atoms with Gasteiger partial charge in [-0.3, -0.25) is 15.0 Å². The number of amidine groups is 1. The second kappa shape index (κ2) is 8.44. The van der Waals surface area contributed by atoms with Crippen LogP contribution in [0.15, 0.2) is 65.0 Å². The van der Waals surface area contributed by atoms with Gasteiger partial charge >= 0.3 is 5.97 Å². The van der Waals surface area contributed by atoms with E-state index in [1.54, 1.807) is 52.5 Å². The molecule has 0 fully saturated rings. The largest absolute Gasteiger partial charge is 0.477 e. The summed E-state index contributed by atoms with van der Waals surface area (Å²) < 4.78 is 1.64. The number of nitrogens with two attached hydrogens (primary N) is 1. The zero-order valence-electron chi connectivity index (χ0n) is 16.5. The van der Waals surface area contributed by atoms with Crippen molar-refractivity contribution in [3.63, 3.8) is 0 Å². The molecule has 5 N–H and O–H groups in total. The standard InChI is InChI=1S/C22H17N5O4S/c23-20(24)12-1-3-13(4-2-12)21(29)26-14-5-6-15-17(9-14)27(11-18-25-7-8-32-18)10-16(19(15)28)22(30)31/h1-10H,11H2,(H3,23,24)(H,26,29)(H,30,31). The molecule has 160 valence electrons. The molecule has 0 spiro atoms. The summed E-state index contributed by atoms with van der Waals surface area (Å²) in [5.41, 5.74) is 6.29. The molecule has 0 atom stereocenters. The molecule has 1 amide bonds. The van der Waals surface area contributed by atoms with Gasteiger partial charge in [-0.15, -0.1) is 11.3 Å². The van der Waals surface area contributed by atoms with Crippen LogP contribution in [0.3, 0.4) is 0 Å². The second-order valence-corrected chi connectivity index (χ2v) is 7.89. The number of rotatable bonds is 6. The van der Waals surface area contributed by atoms with Crippen LogP contribution in [0.1, 0.15) is 31.3 Å². The van der Waals surface area contributed by atoms with E-state index in [1.165, 1.54) is 23.6 Å². The highest BCUT2D eigenvalue weighted by molar-refractivity contribution is 7.09. The highest BCUT2D eigenvalue weighted by atomic mass is 32.1. The first-order valence-corrected chi connectivity index (χ1v) is 10.3. The monoisotopic (exact) mass is 447 g/mol. The summed E-state index contributed by atoms with van der Waals surface area (Å²) in [5.74, 6) is -1.78. The van der Waals surface area contributed by atoms with E-state index < -0.39 is 11.4 Å². The Bertz CT molecular complexity index is 1410. The Labute approximate surface area is 185 Å². The van der Waals surface area contributed by atoms with Gasteiger partial charge in [0.15, 0.2) is 0 Å². The van der Waals surface area contributed by atoms with Gasteiger partial charge in [0.1, 0.15) is 16.4 Å². The number of aromatic nitrogens is 2. The lowest BCUT2D eigenvalue weighted by Gasteiger charge is -2.13. The number of aromatic carboxylic acids is 1. The first-order chi connectivity index (χ1) is 15.3. The minimum Gasteiger partial charge on any atom is -0.477 e. The number of carboxylic acid groups (broad SMARTS) is 1. The van der Waals surface area contributed by atoms with Crippen LogP contribution in [0.2, 0.25) is 0 Å². The van der Waals surface area contributed by atoms with E-state index >= 15 is 0 Å². The molecule has 32 heavy (non-hydrogen) atoms. The van der Waals surface area contributed by atoms with Crippen molar-refractivity contribution < 1.29 is 14.7 Å². The number of nitrogens with one attached hydrogen (secondary N) is 2. The SMILES string of the molecule is N=C(N)c1ccc(C(=O)Nc2ccc3c(=O)c(C(=O)O)cn(Cc4nccs4)c3c2)cc1. The number of benzene rings is 2. The normalized spacial score (nSPS) is 10.8. The third-order valence-electron chi connectivity index (χ3n) is 4.82. The van der Waals surface area contributed by atoms with Crippen LogP contribution in [0.25, 0.3) is 10.9 Å². The van der Waals surface area contributed by atoms with Crippen LogP contribution in [0.4, 0.5) is 5.69 Å². The molecular weight excluding hydrogens is 430 g/mol. The molecule has 0 aliphatic heterocycles. The Morgan fingerprint density at radius 1 is 1.16 bits per heavy atom. The number of hydrogen-bond donors (Lipinski definition) is 4. The predicted octanol–water partition coefficient (Wildman–Crippen LogP) is 2.74. The minimum atomic E-state index is -1.31. The number of pyridine rings is 1. The second-order valence-electron chi connectivity index (χ2n) is 6.91. The van der Waals surface area contributed by atoms with Gasteiger partial charge < -0.3 is 20.7 Å². The van der Waals surface area contributed by atoms with Gasteiger partial charge in [-0.25, -0.2) is 9.78 Å². The predicted molar refractivity (Wildman–Crippen MR) is 122 cm³/mol. The molecule has 0 radical (unpaired) electrons. The maximum absolute atomic E-state index is 12.6. The molecular formula is C22H17N5O4S. The van der Waals surface area contributed by atoms with Crippen molar-refractivity contribution in [3.8, 4) is 0 Å². The molecule has 9 nitrogen and oxygen atoms in total. The van der Waals surface area contributed by atoms with Crippen molar-refractivity contribution in [1.29, 1.82) is 5.41 Å². The number of anilines is 1. The lowest BCUT2D eigenvalue weighted by Crippen LogP contribution is -2.19. The Hall–Kier alpha value is -4.31. The number of carbonyl (C=O) groups excluding carboxylic acids is 1. The number of nitrogen functional groups attached to an aromatic ring is 1. The quantitative estimate of drug-likeness (QED) is 0.263. The highest BCUT2D eigenvalue weighted by Crippen LogP contribution is 2.21. The van der Waals surface area contributed by atoms with E-state index in [9.17, 15) is 19.5 Å². The van der Waals surface area contributed by atoms with E-state index in [-0.39, 0.29) is 29.2 Å². The summed E-state index contributed by atoms with van der Waals surface area (Å²) in [5, 5.41) is 22.4. The van der Waals surface area contributed by atoms with Crippen molar-refractivity contribution in [2.24, 2.45) is 5.73 Å². The van der Waals surface area contributed by atoms with E-state index in [0.717, 1.165) is 5.01 Å². The summed E-state index contributed by atoms with van der Waals surface area (Å²) in [6.45, 7) is 0.276. The number of thiazole rings is 1. The number of amides is 1. The molecule has 2 aromatic carbocycles. The molecule has 0 aliphatic rings. The van der Waals surface area contributed by atoms with Gasteiger partial charge in [-0.2, -0.15) is 0 Å². The number of hydrogen-bond acceptors (Lipinski definition) is 6. The number of carboxylic acids is 1. The fraction of sp³-hybridized carbons (Fsp3) is 0.0455. The van der Waals surface area contributed by atoms with E-state index in [0.29, 0.717) is 22.3 Å². The maximum atomic E-state index is 12.6. The molecule has 2 heterocycles. The Balaban J connectivity index is 1.72. The first kappa shape index (κ1) is 20.9. The third kappa shape index (κ3) is 4.12. The lowest BCUT2D eigenvalue weighted by molar-refractivity contribution is 0.0694. The molecule has 10 heteroatoms. The van der Waals surface area contributed by atoms with Crippen LogP contribution in [0.5, 0.6) is 0 Å². The smallest absolute Gasteiger partial charge is 0.341 e. The van der Waals surface area contributed by atoms with Crippen LogP contribution in [-0.2, 0) is 6.54 Å². The molecule has 0 saturated heterocycles. The molecule has 0 saturated carbocycles. The highest BCUT2D eigenvalue weighted by Gasteiger charge is 2.16. The zero-order chi connectivity index (χ0) is 22.8. The number of carbonyl (C=O) groups is 2. The van der Waals surface area contributed by atoms with Gasteiger partial charge in [0, 0.05) is 40.0 Å². The van der Waals surface area contributed by atoms with Gasteiger partial charge in [-0.05, 0) is 30.3 Å². The Kier molecular flexibility index (Phi) is 5.52. The van der Waals surface area contributed by atoms with Crippen LogP contribution in [-0.4, -0.2) is 32.4 Å². The van der Waals surface area contributed by atoms with Gasteiger partial charge in [0.25, 0.3) is 5.91 Å². The Morgan fingerprint density at radius 3 is 2.50 bits per heavy atom. The molecule has 0 aliphatic carbocycles. The number of nitrogens with zero attached hydrogens (tertiary/aromatic N) is 2. The molecule has 0 unspecified atom stereocenters. The van der Waals surface area contributed by atoms with Crippen molar-refractivity contribution in [3.05, 3.63) is 92.2 Å². The molecule has 2 aromatic heterocycles. The summed E-state index contributed by atoms with van der Waals surface area (Å²) >= 11 is 1.41. The topological polar surface area (TPSA) is 151 Å². The Morgan fingerprint density at radius 2 is 1.88 bits per heavy atom. The van der Waals surface area contributed by atoms with Crippen molar-refractivity contribution in [2.75, 3.05) is 5.32 Å². The molecule has 4 rings (SSSR count). The van der Waals surface area contributed by atoms with Crippen LogP contribution < -0.4 is 16.5 Å². The zero-order valence-corrected chi connectivity index (χ0v) is 17.3. The summed E-state index contributed by atoms with van der Waals surface area (Å²) in [4.78, 5) is 41.1. The average molecular weight is 447 g/mol. The minimum absolute atomic E-state index is 0.0922. The fourth-order valence-electron chi connectivity index (χ4n) is 3.23. The van der Waals surface area contributed by atoms with E-state index in [1.807, 2.05) is 0 Å². The first-order valence-electron chi connectivity index (χ1n) is 9.38. The molecule has 4 aromatic rings. The van der Waals surface area contributed by atoms with Crippen molar-refractivity contribution in [1.82, 2.24) is 9.55 Å². The van der Waals surface area contributed by atoms with Gasteiger partial charge in [0.2, 0.25) is 5.43 Å². The molecule has 0 bridgehead atoms. The van der Waals surface area contributed by atoms with Crippen molar-refractivity contribution in [2.45, 2.75) is 6.54 Å². The fourth-order valence-corrected chi connectivity index (χ4v) is 3.85. The summed E-state index contributed by atoms with van der Waals surface area (Å²) in [7, 11) is 0. The maximum Gasteiger partial charge on any atom is 0.341 e. The van der Waals surface area contributed by atoms with E-state index in [2.05, 4.69) is 10.3 Å². The van der Waals surface area contributed by atoms with Crippen LogP contribution in [0, 0.1) is 5.41 Å². The number of fused-ring (bicyclic) bond motifs is 1. The van der Waals surface area contributed by atoms with Gasteiger partial charge in [-0.1, -0.05) is 12.1 Å². The summed E-state index contributed by atoms with van der Waals surface area (Å²) in [6, 6.07) is 10.9. The van der Waals surface area contributed by atoms with Gasteiger partial charge in [0.05, 0.1) is 12.1 Å². The lowest BCUT2D eigenvalue weighted by atomic mass is 10.1. The van der Waals surface area contributed by atoms with Crippen LogP contribution >= 0.6 is 11.3 Å². The van der Waals surface area contributed by atoms with E-state index in [4.69, 9.17) is 11.1 Å². The summed E-state index contributed by atoms with van der Waals surface area (Å²) in [6.07, 6.45) is 2.94. The third-order valence-corrected chi connectivity index (χ3v) is 5.58. The van der Waals surface area contributed by atoms with Crippen molar-refractivity contribution >= 4 is 45.6 Å². The average Bonchev–Trinajstić information content (AvgIpc) is 3.28.